The molecule has 1 aromatic carbocycles. The molecule has 4 rings (SSSR count). The highest BCUT2D eigenvalue weighted by atomic mass is 32.2. The van der Waals surface area contributed by atoms with Crippen molar-refractivity contribution in [1.29, 1.82) is 4.78 Å². The molecule has 7 nitrogen and oxygen atoms in total. The molecule has 0 aliphatic heterocycles. The Labute approximate surface area is 171 Å². The molecule has 156 valence electrons. The van der Waals surface area contributed by atoms with E-state index in [0.29, 0.717) is 11.5 Å². The van der Waals surface area contributed by atoms with Crippen LogP contribution >= 0.6 is 0 Å². The van der Waals surface area contributed by atoms with E-state index >= 15 is 0 Å². The molecule has 0 bridgehead atoms. The zero-order chi connectivity index (χ0) is 20.8. The zero-order valence-electron chi connectivity index (χ0n) is 16.7. The molecule has 1 saturated carbocycles. The summed E-state index contributed by atoms with van der Waals surface area (Å²) < 4.78 is 28.2. The van der Waals surface area contributed by atoms with Gasteiger partial charge in [0.15, 0.2) is 9.92 Å². The van der Waals surface area contributed by atoms with Gasteiger partial charge in [-0.1, -0.05) is 31.4 Å². The summed E-state index contributed by atoms with van der Waals surface area (Å²) in [6.45, 7) is 3.12. The molecule has 8 heteroatoms. The average molecular weight is 418 g/mol. The fourth-order valence-corrected chi connectivity index (χ4v) is 4.67. The van der Waals surface area contributed by atoms with E-state index in [0.717, 1.165) is 36.1 Å². The van der Waals surface area contributed by atoms with Crippen molar-refractivity contribution in [2.45, 2.75) is 63.1 Å². The van der Waals surface area contributed by atoms with Crippen LogP contribution in [0.1, 0.15) is 55.4 Å². The molecular weight excluding hydrogens is 390 g/mol. The van der Waals surface area contributed by atoms with Gasteiger partial charge in [0.1, 0.15) is 0 Å². The largest absolute Gasteiger partial charge is 0.452 e. The molecule has 2 aliphatic rings. The van der Waals surface area contributed by atoms with Crippen molar-refractivity contribution < 1.29 is 18.5 Å². The maximum Gasteiger partial charge on any atom is 0.332 e. The number of aryl methyl sites for hydroxylation is 1. The number of aliphatic hydroxyl groups is 1. The normalized spacial score (nSPS) is 18.2. The van der Waals surface area contributed by atoms with Gasteiger partial charge in [0.25, 0.3) is 0 Å². The van der Waals surface area contributed by atoms with Crippen LogP contribution in [0.25, 0.3) is 0 Å². The average Bonchev–Trinajstić information content (AvgIpc) is 3.04. The molecule has 0 saturated heterocycles. The summed E-state index contributed by atoms with van der Waals surface area (Å²) in [6.07, 6.45) is 7.77. The van der Waals surface area contributed by atoms with Gasteiger partial charge in [-0.05, 0) is 55.7 Å². The molecular formula is C21H27N3O4S. The second kappa shape index (κ2) is 7.18. The molecule has 1 aromatic heterocycles. The number of hydrogen-bond donors (Lipinski definition) is 4. The van der Waals surface area contributed by atoms with E-state index in [2.05, 4.69) is 22.2 Å². The van der Waals surface area contributed by atoms with Gasteiger partial charge in [-0.25, -0.2) is 18.5 Å². The summed E-state index contributed by atoms with van der Waals surface area (Å²) in [5, 5.41) is 12.7. The topological polar surface area (TPSA) is 115 Å². The standard InChI is InChI=1S/C21H27N3O4S/c1-21(2,26)16-11-18(28-12-16)29(22,27)24-20(25)23-19-15(10-13-4-3-5-13)7-6-14-8-9-17(14)19/h6-7,11-13,26H,3-5,8-10H2,1-2H3,(H3,22,23,24,25,27). The van der Waals surface area contributed by atoms with E-state index in [1.54, 1.807) is 13.8 Å². The van der Waals surface area contributed by atoms with E-state index in [1.165, 1.54) is 37.2 Å². The Morgan fingerprint density at radius 2 is 2.10 bits per heavy atom. The predicted octanol–water partition coefficient (Wildman–Crippen LogP) is 4.09. The van der Waals surface area contributed by atoms with Gasteiger partial charge in [-0.15, -0.1) is 0 Å². The Bertz CT molecular complexity index is 1050. The van der Waals surface area contributed by atoms with Crippen molar-refractivity contribution in [3.8, 4) is 0 Å². The second-order valence-corrected chi connectivity index (χ2v) is 10.3. The van der Waals surface area contributed by atoms with Crippen LogP contribution in [0, 0.1) is 10.7 Å². The number of nitrogens with one attached hydrogen (secondary N) is 3. The van der Waals surface area contributed by atoms with Crippen molar-refractivity contribution in [2.24, 2.45) is 5.92 Å². The minimum Gasteiger partial charge on any atom is -0.452 e. The number of hydrogen-bond acceptors (Lipinski definition) is 5. The summed E-state index contributed by atoms with van der Waals surface area (Å²) in [5.74, 6) is 0.653. The third-order valence-corrected chi connectivity index (χ3v) is 7.17. The molecule has 1 unspecified atom stereocenters. The van der Waals surface area contributed by atoms with Crippen molar-refractivity contribution >= 4 is 21.6 Å². The maximum absolute atomic E-state index is 12.7. The summed E-state index contributed by atoms with van der Waals surface area (Å²) in [5.41, 5.74) is 3.46. The first kappa shape index (κ1) is 20.0. The highest BCUT2D eigenvalue weighted by Gasteiger charge is 2.27. The zero-order valence-corrected chi connectivity index (χ0v) is 17.5. The third-order valence-electron chi connectivity index (χ3n) is 5.91. The van der Waals surface area contributed by atoms with E-state index in [1.807, 2.05) is 0 Å². The van der Waals surface area contributed by atoms with Crippen molar-refractivity contribution in [1.82, 2.24) is 4.72 Å². The van der Waals surface area contributed by atoms with Crippen molar-refractivity contribution in [3.05, 3.63) is 46.7 Å². The van der Waals surface area contributed by atoms with Crippen molar-refractivity contribution in [3.63, 3.8) is 0 Å². The first-order valence-electron chi connectivity index (χ1n) is 9.96. The summed E-state index contributed by atoms with van der Waals surface area (Å²) in [6, 6.07) is 4.85. The Balaban J connectivity index is 1.51. The lowest BCUT2D eigenvalue weighted by molar-refractivity contribution is 0.0779. The minimum absolute atomic E-state index is 0.194. The number of anilines is 1. The molecule has 1 fully saturated rings. The van der Waals surface area contributed by atoms with Gasteiger partial charge in [-0.3, -0.25) is 0 Å². The van der Waals surface area contributed by atoms with E-state index in [9.17, 15) is 14.1 Å². The highest BCUT2D eigenvalue weighted by Crippen LogP contribution is 2.37. The van der Waals surface area contributed by atoms with Crippen molar-refractivity contribution in [2.75, 3.05) is 5.32 Å². The van der Waals surface area contributed by atoms with Gasteiger partial charge in [0, 0.05) is 17.3 Å². The van der Waals surface area contributed by atoms with Gasteiger partial charge >= 0.3 is 6.03 Å². The van der Waals surface area contributed by atoms with Crippen LogP contribution in [0.2, 0.25) is 0 Å². The number of carbonyl (C=O) groups is 1. The number of furan rings is 1. The Hall–Kier alpha value is -2.32. The Morgan fingerprint density at radius 1 is 1.34 bits per heavy atom. The van der Waals surface area contributed by atoms with E-state index < -0.39 is 21.5 Å². The number of benzene rings is 1. The van der Waals surface area contributed by atoms with Crippen LogP contribution in [0.3, 0.4) is 0 Å². The smallest absolute Gasteiger partial charge is 0.332 e. The lowest BCUT2D eigenvalue weighted by Gasteiger charge is -2.30. The van der Waals surface area contributed by atoms with Gasteiger partial charge in [-0.2, -0.15) is 0 Å². The summed E-state index contributed by atoms with van der Waals surface area (Å²) in [4.78, 5) is 12.6. The fourth-order valence-electron chi connectivity index (χ4n) is 3.78. The number of fused-ring (bicyclic) bond motifs is 1. The molecule has 2 aromatic rings. The maximum atomic E-state index is 12.7. The Kier molecular flexibility index (Phi) is 4.94. The molecule has 4 N–H and O–H groups in total. The predicted molar refractivity (Wildman–Crippen MR) is 110 cm³/mol. The molecule has 1 atom stereocenters. The molecule has 1 heterocycles. The lowest BCUT2D eigenvalue weighted by Crippen LogP contribution is -2.34. The number of carbonyl (C=O) groups excluding carboxylic acids is 1. The minimum atomic E-state index is -3.69. The monoisotopic (exact) mass is 417 g/mol. The van der Waals surface area contributed by atoms with E-state index in [-0.39, 0.29) is 5.09 Å². The summed E-state index contributed by atoms with van der Waals surface area (Å²) >= 11 is 0. The third kappa shape index (κ3) is 4.04. The number of amides is 2. The summed E-state index contributed by atoms with van der Waals surface area (Å²) in [7, 11) is -3.69. The fraction of sp³-hybridized carbons (Fsp3) is 0.476. The first-order valence-corrected chi connectivity index (χ1v) is 11.5. The molecule has 0 radical (unpaired) electrons. The molecule has 2 amide bonds. The molecule has 0 spiro atoms. The Morgan fingerprint density at radius 3 is 2.66 bits per heavy atom. The second-order valence-electron chi connectivity index (χ2n) is 8.56. The SMILES string of the molecule is CC(C)(O)c1coc(S(=N)(=O)NC(=O)Nc2c(CC3CCC3)ccc3c2CC3)c1. The first-order chi connectivity index (χ1) is 13.6. The van der Waals surface area contributed by atoms with Gasteiger partial charge in [0.2, 0.25) is 5.09 Å². The van der Waals surface area contributed by atoms with Gasteiger partial charge < -0.3 is 14.8 Å². The van der Waals surface area contributed by atoms with E-state index in [4.69, 9.17) is 9.20 Å². The van der Waals surface area contributed by atoms with Crippen LogP contribution in [0.4, 0.5) is 10.5 Å². The quantitative estimate of drug-likeness (QED) is 0.566. The molecule has 29 heavy (non-hydrogen) atoms. The molecule has 2 aliphatic carbocycles. The van der Waals surface area contributed by atoms with Gasteiger partial charge in [0.05, 0.1) is 11.9 Å². The highest BCUT2D eigenvalue weighted by molar-refractivity contribution is 7.91. The van der Waals surface area contributed by atoms with Crippen LogP contribution in [0.15, 0.2) is 34.0 Å². The van der Waals surface area contributed by atoms with Crippen LogP contribution < -0.4 is 10.0 Å². The number of rotatable bonds is 6. The van der Waals surface area contributed by atoms with Crippen LogP contribution in [-0.2, 0) is 34.8 Å². The number of urea groups is 1. The lowest BCUT2D eigenvalue weighted by atomic mass is 9.78. The van der Waals surface area contributed by atoms with Crippen LogP contribution in [-0.4, -0.2) is 15.3 Å². The van der Waals surface area contributed by atoms with Crippen LogP contribution in [0.5, 0.6) is 0 Å².